The number of hydrogen-bond donors (Lipinski definition) is 3. The quantitative estimate of drug-likeness (QED) is 0.294. The highest BCUT2D eigenvalue weighted by Gasteiger charge is 2.15. The summed E-state index contributed by atoms with van der Waals surface area (Å²) in [7, 11) is 3.48. The van der Waals surface area contributed by atoms with Crippen LogP contribution in [0.4, 0.5) is 5.69 Å². The Bertz CT molecular complexity index is 1200. The number of nitrogens with zero attached hydrogens (tertiary/aromatic N) is 2. The number of halogens is 1. The summed E-state index contributed by atoms with van der Waals surface area (Å²) < 4.78 is 5.17. The van der Waals surface area contributed by atoms with Gasteiger partial charge in [0.1, 0.15) is 5.75 Å². The highest BCUT2D eigenvalue weighted by atomic mass is 35.5. The number of amides is 2. The van der Waals surface area contributed by atoms with Crippen LogP contribution in [0.5, 0.6) is 5.75 Å². The lowest BCUT2D eigenvalue weighted by Gasteiger charge is -2.15. The van der Waals surface area contributed by atoms with Gasteiger partial charge in [0.2, 0.25) is 0 Å². The summed E-state index contributed by atoms with van der Waals surface area (Å²) in [5.74, 6) is -0.217. The molecule has 0 saturated heterocycles. The summed E-state index contributed by atoms with van der Waals surface area (Å²) in [6.07, 6.45) is 1.49. The van der Waals surface area contributed by atoms with E-state index in [1.165, 1.54) is 12.3 Å². The van der Waals surface area contributed by atoms with E-state index in [9.17, 15) is 9.59 Å². The van der Waals surface area contributed by atoms with E-state index in [-0.39, 0.29) is 18.1 Å². The van der Waals surface area contributed by atoms with Crippen LogP contribution >= 0.6 is 11.6 Å². The van der Waals surface area contributed by atoms with E-state index in [1.807, 2.05) is 36.2 Å². The number of hydrogen-bond acceptors (Lipinski definition) is 6. The third-order valence-electron chi connectivity index (χ3n) is 5.10. The minimum atomic E-state index is -0.524. The predicted molar refractivity (Wildman–Crippen MR) is 137 cm³/mol. The van der Waals surface area contributed by atoms with Crippen LogP contribution in [0, 0.1) is 0 Å². The van der Waals surface area contributed by atoms with Gasteiger partial charge in [0.25, 0.3) is 11.8 Å². The number of carbonyl (C=O) groups excluding carboxylic acids is 2. The minimum absolute atomic E-state index is 0.0836. The van der Waals surface area contributed by atoms with Crippen molar-refractivity contribution in [3.8, 4) is 5.75 Å². The Kier molecular flexibility index (Phi) is 9.37. The van der Waals surface area contributed by atoms with Crippen molar-refractivity contribution >= 4 is 35.3 Å². The summed E-state index contributed by atoms with van der Waals surface area (Å²) in [6.45, 7) is 1.30. The number of carbonyl (C=O) groups is 2. The molecule has 9 heteroatoms. The second-order valence-electron chi connectivity index (χ2n) is 7.78. The van der Waals surface area contributed by atoms with Gasteiger partial charge >= 0.3 is 0 Å². The van der Waals surface area contributed by atoms with E-state index in [0.29, 0.717) is 35.1 Å². The lowest BCUT2D eigenvalue weighted by Crippen LogP contribution is -2.22. The molecule has 0 aromatic heterocycles. The Morgan fingerprint density at radius 1 is 1.09 bits per heavy atom. The molecule has 0 fully saturated rings. The lowest BCUT2D eigenvalue weighted by atomic mass is 10.1. The normalized spacial score (nSPS) is 11.0. The first kappa shape index (κ1) is 25.9. The van der Waals surface area contributed by atoms with Crippen molar-refractivity contribution in [1.82, 2.24) is 10.3 Å². The van der Waals surface area contributed by atoms with Gasteiger partial charge in [0.05, 0.1) is 31.2 Å². The Labute approximate surface area is 209 Å². The van der Waals surface area contributed by atoms with Crippen molar-refractivity contribution in [2.45, 2.75) is 6.54 Å². The SMILES string of the molecule is COc1cccc(/C=N/NC(=O)c2cc(Cl)ccc2NC(=O)c2ccc(CN(C)CCO)cc2)c1. The van der Waals surface area contributed by atoms with Gasteiger partial charge in [-0.2, -0.15) is 5.10 Å². The summed E-state index contributed by atoms with van der Waals surface area (Å²) >= 11 is 6.09. The van der Waals surface area contributed by atoms with Gasteiger partial charge in [0.15, 0.2) is 0 Å². The molecule has 0 heterocycles. The van der Waals surface area contributed by atoms with Gasteiger partial charge in [0, 0.05) is 23.7 Å². The summed E-state index contributed by atoms with van der Waals surface area (Å²) in [5.41, 5.74) is 5.14. The molecule has 3 rings (SSSR count). The zero-order valence-corrected chi connectivity index (χ0v) is 20.2. The molecule has 2 amide bonds. The van der Waals surface area contributed by atoms with Gasteiger partial charge in [-0.3, -0.25) is 14.5 Å². The summed E-state index contributed by atoms with van der Waals surface area (Å²) in [5, 5.41) is 16.1. The van der Waals surface area contributed by atoms with Crippen LogP contribution in [-0.2, 0) is 6.54 Å². The van der Waals surface area contributed by atoms with Gasteiger partial charge < -0.3 is 15.2 Å². The number of anilines is 1. The fraction of sp³-hybridized carbons (Fsp3) is 0.192. The number of methoxy groups -OCH3 is 1. The topological polar surface area (TPSA) is 103 Å². The molecule has 0 aliphatic heterocycles. The molecule has 0 aliphatic carbocycles. The average molecular weight is 495 g/mol. The molecule has 0 aliphatic rings. The number of aliphatic hydroxyl groups is 1. The molecule has 182 valence electrons. The van der Waals surface area contributed by atoms with Crippen molar-refractivity contribution < 1.29 is 19.4 Å². The Balaban J connectivity index is 1.69. The lowest BCUT2D eigenvalue weighted by molar-refractivity contribution is 0.0956. The third-order valence-corrected chi connectivity index (χ3v) is 5.33. The molecule has 3 aromatic rings. The molecule has 3 N–H and O–H groups in total. The first-order valence-electron chi connectivity index (χ1n) is 10.9. The molecule has 0 radical (unpaired) electrons. The standard InChI is InChI=1S/C26H27ClN4O4/c1-31(12-13-32)17-18-6-8-20(9-7-18)25(33)29-24-11-10-21(27)15-23(24)26(34)30-28-16-19-4-3-5-22(14-19)35-2/h3-11,14-16,32H,12-13,17H2,1-2H3,(H,29,33)(H,30,34)/b28-16+. The van der Waals surface area contributed by atoms with E-state index in [1.54, 1.807) is 43.5 Å². The van der Waals surface area contributed by atoms with Crippen molar-refractivity contribution in [2.75, 3.05) is 32.6 Å². The second-order valence-corrected chi connectivity index (χ2v) is 8.21. The van der Waals surface area contributed by atoms with Gasteiger partial charge in [-0.15, -0.1) is 0 Å². The maximum atomic E-state index is 12.8. The van der Waals surface area contributed by atoms with E-state index in [4.69, 9.17) is 21.4 Å². The van der Waals surface area contributed by atoms with E-state index >= 15 is 0 Å². The number of ether oxygens (including phenoxy) is 1. The third kappa shape index (κ3) is 7.65. The zero-order chi connectivity index (χ0) is 25.2. The van der Waals surface area contributed by atoms with Crippen molar-refractivity contribution in [1.29, 1.82) is 0 Å². The van der Waals surface area contributed by atoms with Crippen LogP contribution in [0.2, 0.25) is 5.02 Å². The second kappa shape index (κ2) is 12.7. The van der Waals surface area contributed by atoms with Crippen LogP contribution in [0.15, 0.2) is 71.8 Å². The Hall–Kier alpha value is -3.72. The van der Waals surface area contributed by atoms with Crippen LogP contribution in [0.25, 0.3) is 0 Å². The molecule has 35 heavy (non-hydrogen) atoms. The number of hydrazone groups is 1. The molecular formula is C26H27ClN4O4. The number of benzene rings is 3. The minimum Gasteiger partial charge on any atom is -0.497 e. The average Bonchev–Trinajstić information content (AvgIpc) is 2.85. The van der Waals surface area contributed by atoms with E-state index in [2.05, 4.69) is 15.8 Å². The number of likely N-dealkylation sites (N-methyl/N-ethyl adjacent to an activating group) is 1. The van der Waals surface area contributed by atoms with Crippen LogP contribution < -0.4 is 15.5 Å². The maximum Gasteiger partial charge on any atom is 0.273 e. The molecule has 0 atom stereocenters. The first-order chi connectivity index (χ1) is 16.9. The highest BCUT2D eigenvalue weighted by molar-refractivity contribution is 6.31. The van der Waals surface area contributed by atoms with Gasteiger partial charge in [-0.05, 0) is 60.6 Å². The molecular weight excluding hydrogens is 468 g/mol. The molecule has 0 bridgehead atoms. The number of nitrogens with one attached hydrogen (secondary N) is 2. The van der Waals surface area contributed by atoms with E-state index < -0.39 is 5.91 Å². The summed E-state index contributed by atoms with van der Waals surface area (Å²) in [6, 6.07) is 19.0. The number of aliphatic hydroxyl groups excluding tert-OH is 1. The van der Waals surface area contributed by atoms with Crippen LogP contribution in [0.1, 0.15) is 31.8 Å². The van der Waals surface area contributed by atoms with Crippen LogP contribution in [-0.4, -0.2) is 55.3 Å². The highest BCUT2D eigenvalue weighted by Crippen LogP contribution is 2.22. The first-order valence-corrected chi connectivity index (χ1v) is 11.2. The largest absolute Gasteiger partial charge is 0.497 e. The molecule has 0 unspecified atom stereocenters. The molecule has 0 spiro atoms. The van der Waals surface area contributed by atoms with Crippen molar-refractivity contribution in [3.05, 3.63) is 94.0 Å². The van der Waals surface area contributed by atoms with Crippen molar-refractivity contribution in [3.63, 3.8) is 0 Å². The molecule has 0 saturated carbocycles. The molecule has 3 aromatic carbocycles. The van der Waals surface area contributed by atoms with Crippen molar-refractivity contribution in [2.24, 2.45) is 5.10 Å². The van der Waals surface area contributed by atoms with Gasteiger partial charge in [-0.25, -0.2) is 5.43 Å². The Morgan fingerprint density at radius 2 is 1.86 bits per heavy atom. The van der Waals surface area contributed by atoms with Gasteiger partial charge in [-0.1, -0.05) is 35.9 Å². The van der Waals surface area contributed by atoms with Crippen LogP contribution in [0.3, 0.4) is 0 Å². The number of rotatable bonds is 10. The maximum absolute atomic E-state index is 12.8. The Morgan fingerprint density at radius 3 is 2.57 bits per heavy atom. The molecule has 8 nitrogen and oxygen atoms in total. The van der Waals surface area contributed by atoms with E-state index in [0.717, 1.165) is 11.1 Å². The monoisotopic (exact) mass is 494 g/mol. The fourth-order valence-electron chi connectivity index (χ4n) is 3.28. The predicted octanol–water partition coefficient (Wildman–Crippen LogP) is 3.79. The summed E-state index contributed by atoms with van der Waals surface area (Å²) in [4.78, 5) is 27.6. The fourth-order valence-corrected chi connectivity index (χ4v) is 3.45. The zero-order valence-electron chi connectivity index (χ0n) is 19.5. The smallest absolute Gasteiger partial charge is 0.273 e.